The summed E-state index contributed by atoms with van der Waals surface area (Å²) in [6.45, 7) is 0.611. The summed E-state index contributed by atoms with van der Waals surface area (Å²) in [6.07, 6.45) is -1.52. The van der Waals surface area contributed by atoms with Gasteiger partial charge in [-0.05, 0) is 70.8 Å². The molecule has 0 aliphatic heterocycles. The molecule has 8 heteroatoms. The molecule has 0 radical (unpaired) electrons. The Balaban J connectivity index is 1.57. The number of ether oxygens (including phenoxy) is 1. The standard InChI is InChI=1S/C28H21BrFNO5/c29-23-10-7-21(8-11-23)27(33)31(17-19-3-12-24(30)13-4-19)16-18-1-5-20(6-2-18)22-9-14-25(32)26(15-22)36-28(34)35/h1-15,32H,16-17H2,(H,34,35). The fourth-order valence-electron chi connectivity index (χ4n) is 3.68. The number of halogens is 2. The molecule has 2 N–H and O–H groups in total. The highest BCUT2D eigenvalue weighted by molar-refractivity contribution is 9.10. The first-order valence-electron chi connectivity index (χ1n) is 10.9. The first-order chi connectivity index (χ1) is 17.3. The number of hydrogen-bond acceptors (Lipinski definition) is 4. The Morgan fingerprint density at radius 2 is 1.36 bits per heavy atom. The molecule has 0 unspecified atom stereocenters. The molecular formula is C28H21BrFNO5. The van der Waals surface area contributed by atoms with E-state index in [2.05, 4.69) is 20.7 Å². The minimum atomic E-state index is -1.52. The lowest BCUT2D eigenvalue weighted by atomic mass is 10.0. The average Bonchev–Trinajstić information content (AvgIpc) is 2.86. The Kier molecular flexibility index (Phi) is 7.65. The average molecular weight is 550 g/mol. The molecular weight excluding hydrogens is 529 g/mol. The third kappa shape index (κ3) is 6.28. The summed E-state index contributed by atoms with van der Waals surface area (Å²) in [5, 5.41) is 18.7. The molecule has 0 saturated heterocycles. The minimum absolute atomic E-state index is 0.158. The first-order valence-corrected chi connectivity index (χ1v) is 11.7. The van der Waals surface area contributed by atoms with Crippen molar-refractivity contribution in [1.29, 1.82) is 0 Å². The molecule has 4 aromatic carbocycles. The molecule has 0 aliphatic carbocycles. The lowest BCUT2D eigenvalue weighted by molar-refractivity contribution is 0.0730. The van der Waals surface area contributed by atoms with Gasteiger partial charge in [-0.25, -0.2) is 9.18 Å². The van der Waals surface area contributed by atoms with Crippen LogP contribution in [0.1, 0.15) is 21.5 Å². The Bertz CT molecular complexity index is 1370. The van der Waals surface area contributed by atoms with Crippen molar-refractivity contribution < 1.29 is 28.9 Å². The van der Waals surface area contributed by atoms with Crippen LogP contribution in [-0.4, -0.2) is 27.2 Å². The fourth-order valence-corrected chi connectivity index (χ4v) is 3.94. The predicted octanol–water partition coefficient (Wildman–Crippen LogP) is 6.86. The summed E-state index contributed by atoms with van der Waals surface area (Å²) >= 11 is 3.38. The van der Waals surface area contributed by atoms with Crippen LogP contribution in [0.5, 0.6) is 11.5 Å². The van der Waals surface area contributed by atoms with Crippen LogP contribution in [0.25, 0.3) is 11.1 Å². The summed E-state index contributed by atoms with van der Waals surface area (Å²) in [7, 11) is 0. The van der Waals surface area contributed by atoms with Crippen molar-refractivity contribution in [3.63, 3.8) is 0 Å². The van der Waals surface area contributed by atoms with Crippen molar-refractivity contribution in [1.82, 2.24) is 4.90 Å². The van der Waals surface area contributed by atoms with E-state index in [0.29, 0.717) is 24.2 Å². The molecule has 0 saturated carbocycles. The lowest BCUT2D eigenvalue weighted by Crippen LogP contribution is -2.30. The Hall–Kier alpha value is -4.17. The summed E-state index contributed by atoms with van der Waals surface area (Å²) in [5.41, 5.74) is 3.63. The molecule has 4 rings (SSSR count). The van der Waals surface area contributed by atoms with Crippen LogP contribution in [-0.2, 0) is 13.1 Å². The molecule has 0 aliphatic rings. The van der Waals surface area contributed by atoms with Crippen molar-refractivity contribution in [3.05, 3.63) is 118 Å². The number of amides is 1. The minimum Gasteiger partial charge on any atom is -0.504 e. The van der Waals surface area contributed by atoms with Crippen molar-refractivity contribution in [3.8, 4) is 22.6 Å². The van der Waals surface area contributed by atoms with E-state index in [1.165, 1.54) is 24.3 Å². The molecule has 0 aromatic heterocycles. The number of rotatable bonds is 7. The van der Waals surface area contributed by atoms with Crippen molar-refractivity contribution in [2.45, 2.75) is 13.1 Å². The maximum Gasteiger partial charge on any atom is 0.511 e. The maximum atomic E-state index is 13.4. The summed E-state index contributed by atoms with van der Waals surface area (Å²) in [4.78, 5) is 25.9. The molecule has 6 nitrogen and oxygen atoms in total. The zero-order chi connectivity index (χ0) is 25.7. The second-order valence-electron chi connectivity index (χ2n) is 8.04. The number of carbonyl (C=O) groups is 2. The van der Waals surface area contributed by atoms with Gasteiger partial charge in [0, 0.05) is 23.1 Å². The number of nitrogens with zero attached hydrogens (tertiary/aromatic N) is 1. The number of carboxylic acid groups (broad SMARTS) is 1. The number of aromatic hydroxyl groups is 1. The summed E-state index contributed by atoms with van der Waals surface area (Å²) in [6, 6.07) is 25.0. The number of carbonyl (C=O) groups excluding carboxylic acids is 1. The molecule has 4 aromatic rings. The van der Waals surface area contributed by atoms with E-state index < -0.39 is 6.16 Å². The largest absolute Gasteiger partial charge is 0.511 e. The highest BCUT2D eigenvalue weighted by Crippen LogP contribution is 2.32. The predicted molar refractivity (Wildman–Crippen MR) is 136 cm³/mol. The topological polar surface area (TPSA) is 87.1 Å². The number of hydrogen-bond donors (Lipinski definition) is 2. The van der Waals surface area contributed by atoms with Gasteiger partial charge in [-0.15, -0.1) is 0 Å². The van der Waals surface area contributed by atoms with Gasteiger partial charge in [0.1, 0.15) is 5.82 Å². The molecule has 0 fully saturated rings. The monoisotopic (exact) mass is 549 g/mol. The quantitative estimate of drug-likeness (QED) is 0.194. The SMILES string of the molecule is O=C(O)Oc1cc(-c2ccc(CN(Cc3ccc(F)cc3)C(=O)c3ccc(Br)cc3)cc2)ccc1O. The first kappa shape index (κ1) is 24.9. The summed E-state index contributed by atoms with van der Waals surface area (Å²) in [5.74, 6) is -0.938. The third-order valence-corrected chi connectivity index (χ3v) is 6.01. The normalized spacial score (nSPS) is 10.6. The third-order valence-electron chi connectivity index (χ3n) is 5.48. The van der Waals surface area contributed by atoms with Crippen LogP contribution in [0.15, 0.2) is 95.5 Å². The molecule has 182 valence electrons. The second kappa shape index (κ2) is 11.0. The van der Waals surface area contributed by atoms with Gasteiger partial charge in [0.25, 0.3) is 5.91 Å². The zero-order valence-electron chi connectivity index (χ0n) is 18.9. The Morgan fingerprint density at radius 3 is 1.94 bits per heavy atom. The van der Waals surface area contributed by atoms with Gasteiger partial charge in [-0.1, -0.05) is 58.4 Å². The Morgan fingerprint density at radius 1 is 0.806 bits per heavy atom. The lowest BCUT2D eigenvalue weighted by Gasteiger charge is -2.23. The van der Waals surface area contributed by atoms with E-state index in [0.717, 1.165) is 21.2 Å². The van der Waals surface area contributed by atoms with E-state index in [-0.39, 0.29) is 23.2 Å². The van der Waals surface area contributed by atoms with Crippen molar-refractivity contribution in [2.75, 3.05) is 0 Å². The number of phenols is 1. The highest BCUT2D eigenvalue weighted by Gasteiger charge is 2.17. The van der Waals surface area contributed by atoms with Crippen LogP contribution in [0.4, 0.5) is 9.18 Å². The van der Waals surface area contributed by atoms with Crippen molar-refractivity contribution in [2.24, 2.45) is 0 Å². The van der Waals surface area contributed by atoms with E-state index in [1.54, 1.807) is 47.4 Å². The van der Waals surface area contributed by atoms with Crippen LogP contribution in [0, 0.1) is 5.82 Å². The maximum absolute atomic E-state index is 13.4. The number of benzene rings is 4. The van der Waals surface area contributed by atoms with Gasteiger partial charge in [0.2, 0.25) is 0 Å². The molecule has 0 bridgehead atoms. The molecule has 36 heavy (non-hydrogen) atoms. The van der Waals surface area contributed by atoms with Crippen molar-refractivity contribution >= 4 is 28.0 Å². The van der Waals surface area contributed by atoms with Gasteiger partial charge in [0.05, 0.1) is 0 Å². The highest BCUT2D eigenvalue weighted by atomic mass is 79.9. The van der Waals surface area contributed by atoms with Gasteiger partial charge in [0.15, 0.2) is 11.5 Å². The number of phenolic OH excluding ortho intramolecular Hbond substituents is 1. The summed E-state index contributed by atoms with van der Waals surface area (Å²) < 4.78 is 18.9. The van der Waals surface area contributed by atoms with Gasteiger partial charge in [-0.3, -0.25) is 4.79 Å². The van der Waals surface area contributed by atoms with Gasteiger partial charge >= 0.3 is 6.16 Å². The van der Waals surface area contributed by atoms with Gasteiger partial charge < -0.3 is 19.8 Å². The van der Waals surface area contributed by atoms with Gasteiger partial charge in [-0.2, -0.15) is 0 Å². The second-order valence-corrected chi connectivity index (χ2v) is 8.96. The van der Waals surface area contributed by atoms with Crippen LogP contribution in [0.3, 0.4) is 0 Å². The molecule has 0 atom stereocenters. The Labute approximate surface area is 215 Å². The van der Waals surface area contributed by atoms with E-state index >= 15 is 0 Å². The fraction of sp³-hybridized carbons (Fsp3) is 0.0714. The van der Waals surface area contributed by atoms with Crippen LogP contribution >= 0.6 is 15.9 Å². The van der Waals surface area contributed by atoms with E-state index in [9.17, 15) is 19.1 Å². The van der Waals surface area contributed by atoms with E-state index in [4.69, 9.17) is 5.11 Å². The molecule has 1 amide bonds. The zero-order valence-corrected chi connectivity index (χ0v) is 20.5. The smallest absolute Gasteiger partial charge is 0.504 e. The molecule has 0 heterocycles. The molecule has 0 spiro atoms. The van der Waals surface area contributed by atoms with Crippen LogP contribution in [0.2, 0.25) is 0 Å². The van der Waals surface area contributed by atoms with Crippen LogP contribution < -0.4 is 4.74 Å². The van der Waals surface area contributed by atoms with E-state index in [1.807, 2.05) is 24.3 Å².